The lowest BCUT2D eigenvalue weighted by Gasteiger charge is -2.25. The Bertz CT molecular complexity index is 905. The highest BCUT2D eigenvalue weighted by molar-refractivity contribution is 5.92. The van der Waals surface area contributed by atoms with Gasteiger partial charge in [0.05, 0.1) is 6.04 Å². The average Bonchev–Trinajstić information content (AvgIpc) is 3.09. The number of pyridine rings is 1. The van der Waals surface area contributed by atoms with Crippen molar-refractivity contribution in [1.29, 1.82) is 0 Å². The van der Waals surface area contributed by atoms with E-state index in [0.29, 0.717) is 11.5 Å². The molecule has 3 heterocycles. The van der Waals surface area contributed by atoms with Crippen LogP contribution in [0, 0.1) is 6.92 Å². The number of aromatic amines is 1. The van der Waals surface area contributed by atoms with Crippen LogP contribution in [0.2, 0.25) is 0 Å². The fourth-order valence-electron chi connectivity index (χ4n) is 3.10. The third-order valence-electron chi connectivity index (χ3n) is 4.35. The second-order valence-corrected chi connectivity index (χ2v) is 6.19. The van der Waals surface area contributed by atoms with Gasteiger partial charge in [0.1, 0.15) is 5.69 Å². The summed E-state index contributed by atoms with van der Waals surface area (Å²) >= 11 is 0. The number of hydrogen-bond donors (Lipinski definition) is 2. The Kier molecular flexibility index (Phi) is 3.97. The van der Waals surface area contributed by atoms with Crippen molar-refractivity contribution in [3.05, 3.63) is 59.4 Å². The summed E-state index contributed by atoms with van der Waals surface area (Å²) in [5, 5.41) is 9.86. The van der Waals surface area contributed by atoms with E-state index in [-0.39, 0.29) is 11.9 Å². The maximum absolute atomic E-state index is 12.4. The number of hydrogen-bond acceptors (Lipinski definition) is 5. The SMILES string of the molecule is Cc1cc(C(=O)N[C@@H]2CCCc3nc(-c4cccnc4)ncc32)n[nH]1. The molecule has 3 aromatic heterocycles. The zero-order valence-corrected chi connectivity index (χ0v) is 13.9. The molecule has 1 amide bonds. The molecule has 2 N–H and O–H groups in total. The third-order valence-corrected chi connectivity index (χ3v) is 4.35. The largest absolute Gasteiger partial charge is 0.344 e. The Morgan fingerprint density at radius 3 is 3.04 bits per heavy atom. The number of carbonyl (C=O) groups excluding carboxylic acids is 1. The number of aromatic nitrogens is 5. The molecule has 126 valence electrons. The minimum absolute atomic E-state index is 0.0868. The molecule has 0 fully saturated rings. The molecule has 0 bridgehead atoms. The number of fused-ring (bicyclic) bond motifs is 1. The Labute approximate surface area is 144 Å². The Morgan fingerprint density at radius 2 is 2.28 bits per heavy atom. The summed E-state index contributed by atoms with van der Waals surface area (Å²) in [5.74, 6) is 0.486. The molecule has 0 aromatic carbocycles. The first-order valence-electron chi connectivity index (χ1n) is 8.30. The number of carbonyl (C=O) groups is 1. The molecule has 0 saturated carbocycles. The third kappa shape index (κ3) is 3.13. The molecular formula is C18H18N6O. The molecular weight excluding hydrogens is 316 g/mol. The molecule has 1 atom stereocenters. The number of H-pyrrole nitrogens is 1. The molecule has 0 radical (unpaired) electrons. The molecule has 1 aliphatic carbocycles. The van der Waals surface area contributed by atoms with Crippen LogP contribution in [0.5, 0.6) is 0 Å². The minimum Gasteiger partial charge on any atom is -0.344 e. The molecule has 4 rings (SSSR count). The van der Waals surface area contributed by atoms with E-state index in [4.69, 9.17) is 4.98 Å². The molecule has 0 spiro atoms. The standard InChI is InChI=1S/C18H18N6O/c1-11-8-16(24-23-11)18(25)22-15-6-2-5-14-13(15)10-20-17(21-14)12-4-3-7-19-9-12/h3-4,7-10,15H,2,5-6H2,1H3,(H,22,25)(H,23,24)/t15-/m1/s1. The van der Waals surface area contributed by atoms with Gasteiger partial charge in [0.2, 0.25) is 0 Å². The van der Waals surface area contributed by atoms with Gasteiger partial charge < -0.3 is 5.32 Å². The van der Waals surface area contributed by atoms with E-state index in [1.165, 1.54) is 0 Å². The maximum atomic E-state index is 12.4. The van der Waals surface area contributed by atoms with Crippen molar-refractivity contribution in [3.8, 4) is 11.4 Å². The van der Waals surface area contributed by atoms with E-state index >= 15 is 0 Å². The molecule has 1 aliphatic rings. The van der Waals surface area contributed by atoms with Crippen LogP contribution in [0.1, 0.15) is 46.3 Å². The maximum Gasteiger partial charge on any atom is 0.272 e. The van der Waals surface area contributed by atoms with Gasteiger partial charge in [-0.1, -0.05) is 0 Å². The minimum atomic E-state index is -0.182. The molecule has 7 heteroatoms. The van der Waals surface area contributed by atoms with Crippen LogP contribution in [0.25, 0.3) is 11.4 Å². The van der Waals surface area contributed by atoms with Crippen LogP contribution < -0.4 is 5.32 Å². The topological polar surface area (TPSA) is 96.5 Å². The van der Waals surface area contributed by atoms with Crippen LogP contribution in [-0.4, -0.2) is 31.1 Å². The van der Waals surface area contributed by atoms with E-state index in [2.05, 4.69) is 25.5 Å². The highest BCUT2D eigenvalue weighted by atomic mass is 16.2. The van der Waals surface area contributed by atoms with Crippen molar-refractivity contribution in [2.24, 2.45) is 0 Å². The van der Waals surface area contributed by atoms with Gasteiger partial charge in [-0.05, 0) is 44.4 Å². The van der Waals surface area contributed by atoms with Crippen molar-refractivity contribution in [3.63, 3.8) is 0 Å². The van der Waals surface area contributed by atoms with E-state index in [1.807, 2.05) is 25.3 Å². The van der Waals surface area contributed by atoms with Crippen LogP contribution in [-0.2, 0) is 6.42 Å². The van der Waals surface area contributed by atoms with Crippen molar-refractivity contribution < 1.29 is 4.79 Å². The van der Waals surface area contributed by atoms with E-state index in [1.54, 1.807) is 18.5 Å². The summed E-state index contributed by atoms with van der Waals surface area (Å²) in [6, 6.07) is 5.46. The number of amides is 1. The highest BCUT2D eigenvalue weighted by Crippen LogP contribution is 2.29. The fraction of sp³-hybridized carbons (Fsp3) is 0.278. The van der Waals surface area contributed by atoms with Gasteiger partial charge in [-0.25, -0.2) is 9.97 Å². The smallest absolute Gasteiger partial charge is 0.272 e. The van der Waals surface area contributed by atoms with Crippen LogP contribution in [0.4, 0.5) is 0 Å². The lowest BCUT2D eigenvalue weighted by molar-refractivity contribution is 0.0927. The summed E-state index contributed by atoms with van der Waals surface area (Å²) in [7, 11) is 0. The van der Waals surface area contributed by atoms with Gasteiger partial charge >= 0.3 is 0 Å². The lowest BCUT2D eigenvalue weighted by atomic mass is 9.92. The van der Waals surface area contributed by atoms with Crippen LogP contribution in [0.3, 0.4) is 0 Å². The Morgan fingerprint density at radius 1 is 1.36 bits per heavy atom. The van der Waals surface area contributed by atoms with Gasteiger partial charge in [0, 0.05) is 41.1 Å². The second kappa shape index (κ2) is 6.43. The molecule has 0 saturated heterocycles. The summed E-state index contributed by atoms with van der Waals surface area (Å²) in [6.07, 6.45) is 8.04. The van der Waals surface area contributed by atoms with Crippen LogP contribution >= 0.6 is 0 Å². The highest BCUT2D eigenvalue weighted by Gasteiger charge is 2.25. The average molecular weight is 334 g/mol. The molecule has 0 unspecified atom stereocenters. The predicted octanol–water partition coefficient (Wildman–Crippen LogP) is 2.38. The predicted molar refractivity (Wildman–Crippen MR) is 91.7 cm³/mol. The summed E-state index contributed by atoms with van der Waals surface area (Å²) in [4.78, 5) is 25.7. The van der Waals surface area contributed by atoms with Crippen molar-refractivity contribution >= 4 is 5.91 Å². The van der Waals surface area contributed by atoms with Crippen molar-refractivity contribution in [2.45, 2.75) is 32.2 Å². The number of aryl methyl sites for hydroxylation is 2. The Hall–Kier alpha value is -3.09. The normalized spacial score (nSPS) is 16.3. The van der Waals surface area contributed by atoms with E-state index in [0.717, 1.165) is 41.8 Å². The lowest BCUT2D eigenvalue weighted by Crippen LogP contribution is -2.31. The summed E-state index contributed by atoms with van der Waals surface area (Å²) in [5.41, 5.74) is 4.13. The summed E-state index contributed by atoms with van der Waals surface area (Å²) < 4.78 is 0. The first kappa shape index (κ1) is 15.4. The van der Waals surface area contributed by atoms with Gasteiger partial charge in [-0.3, -0.25) is 14.9 Å². The van der Waals surface area contributed by atoms with Crippen LogP contribution in [0.15, 0.2) is 36.8 Å². The van der Waals surface area contributed by atoms with Crippen molar-refractivity contribution in [2.75, 3.05) is 0 Å². The number of nitrogens with zero attached hydrogens (tertiary/aromatic N) is 4. The molecule has 7 nitrogen and oxygen atoms in total. The molecule has 25 heavy (non-hydrogen) atoms. The molecule has 3 aromatic rings. The van der Waals surface area contributed by atoms with Gasteiger partial charge in [-0.15, -0.1) is 0 Å². The van der Waals surface area contributed by atoms with Crippen molar-refractivity contribution in [1.82, 2.24) is 30.5 Å². The Balaban J connectivity index is 1.59. The van der Waals surface area contributed by atoms with E-state index < -0.39 is 0 Å². The zero-order chi connectivity index (χ0) is 17.2. The summed E-state index contributed by atoms with van der Waals surface area (Å²) in [6.45, 7) is 1.87. The van der Waals surface area contributed by atoms with Gasteiger partial charge in [0.25, 0.3) is 5.91 Å². The number of rotatable bonds is 3. The monoisotopic (exact) mass is 334 g/mol. The fourth-order valence-corrected chi connectivity index (χ4v) is 3.10. The van der Waals surface area contributed by atoms with Gasteiger partial charge in [-0.2, -0.15) is 5.10 Å². The first-order valence-corrected chi connectivity index (χ1v) is 8.30. The van der Waals surface area contributed by atoms with Gasteiger partial charge in [0.15, 0.2) is 5.82 Å². The van der Waals surface area contributed by atoms with E-state index in [9.17, 15) is 4.79 Å². The zero-order valence-electron chi connectivity index (χ0n) is 13.9. The quantitative estimate of drug-likeness (QED) is 0.766. The molecule has 0 aliphatic heterocycles. The second-order valence-electron chi connectivity index (χ2n) is 6.19. The first-order chi connectivity index (χ1) is 12.2. The number of nitrogens with one attached hydrogen (secondary N) is 2.